The minimum absolute atomic E-state index is 0.589. The molecule has 80 valence electrons. The Labute approximate surface area is 95.6 Å². The SMILES string of the molecule is Cc1ncc(-c2cnc3ncc(N)n3c2)s1. The maximum Gasteiger partial charge on any atom is 0.235 e. The number of hydrogen-bond acceptors (Lipinski definition) is 5. The predicted molar refractivity (Wildman–Crippen MR) is 63.2 cm³/mol. The number of aryl methyl sites for hydroxylation is 1. The lowest BCUT2D eigenvalue weighted by atomic mass is 10.3. The van der Waals surface area contributed by atoms with Crippen molar-refractivity contribution in [3.63, 3.8) is 0 Å². The number of hydrogen-bond donors (Lipinski definition) is 1. The molecule has 5 nitrogen and oxygen atoms in total. The van der Waals surface area contributed by atoms with E-state index in [2.05, 4.69) is 15.0 Å². The van der Waals surface area contributed by atoms with Gasteiger partial charge in [0.05, 0.1) is 16.1 Å². The van der Waals surface area contributed by atoms with Gasteiger partial charge in [0, 0.05) is 24.2 Å². The molecule has 0 radical (unpaired) electrons. The third kappa shape index (κ3) is 1.35. The van der Waals surface area contributed by atoms with E-state index in [0.29, 0.717) is 11.6 Å². The summed E-state index contributed by atoms with van der Waals surface area (Å²) in [5.41, 5.74) is 6.78. The van der Waals surface area contributed by atoms with Crippen LogP contribution in [-0.2, 0) is 0 Å². The van der Waals surface area contributed by atoms with Gasteiger partial charge in [-0.15, -0.1) is 11.3 Å². The molecule has 0 unspecified atom stereocenters. The molecule has 3 aromatic heterocycles. The first-order valence-electron chi connectivity index (χ1n) is 4.75. The van der Waals surface area contributed by atoms with Gasteiger partial charge in [-0.05, 0) is 6.92 Å². The van der Waals surface area contributed by atoms with Gasteiger partial charge in [-0.1, -0.05) is 0 Å². The topological polar surface area (TPSA) is 69.1 Å². The second kappa shape index (κ2) is 3.28. The van der Waals surface area contributed by atoms with Crippen LogP contribution in [0.1, 0.15) is 5.01 Å². The standard InChI is InChI=1S/C10H9N5S/c1-6-12-3-8(16-6)7-2-13-10-14-4-9(11)15(10)5-7/h2-5H,11H2,1H3. The van der Waals surface area contributed by atoms with Gasteiger partial charge >= 0.3 is 0 Å². The van der Waals surface area contributed by atoms with E-state index in [9.17, 15) is 0 Å². The number of imidazole rings is 1. The largest absolute Gasteiger partial charge is 0.383 e. The van der Waals surface area contributed by atoms with Crippen LogP contribution in [0.2, 0.25) is 0 Å². The molecule has 3 heterocycles. The normalized spacial score (nSPS) is 11.1. The van der Waals surface area contributed by atoms with Crippen molar-refractivity contribution in [2.24, 2.45) is 0 Å². The van der Waals surface area contributed by atoms with E-state index in [1.165, 1.54) is 0 Å². The molecular formula is C10H9N5S. The van der Waals surface area contributed by atoms with Crippen LogP contribution in [0.5, 0.6) is 0 Å². The van der Waals surface area contributed by atoms with Gasteiger partial charge in [-0.3, -0.25) is 4.40 Å². The van der Waals surface area contributed by atoms with Crippen LogP contribution in [0.3, 0.4) is 0 Å². The molecule has 3 aromatic rings. The predicted octanol–water partition coefficient (Wildman–Crippen LogP) is 1.74. The summed E-state index contributed by atoms with van der Waals surface area (Å²) in [6.07, 6.45) is 7.16. The van der Waals surface area contributed by atoms with E-state index in [1.54, 1.807) is 28.1 Å². The number of anilines is 1. The van der Waals surface area contributed by atoms with E-state index >= 15 is 0 Å². The van der Waals surface area contributed by atoms with E-state index in [4.69, 9.17) is 5.73 Å². The molecule has 2 N–H and O–H groups in total. The number of nitrogens with zero attached hydrogens (tertiary/aromatic N) is 4. The maximum atomic E-state index is 5.78. The Morgan fingerprint density at radius 3 is 2.75 bits per heavy atom. The Balaban J connectivity index is 2.21. The summed E-state index contributed by atoms with van der Waals surface area (Å²) in [5.74, 6) is 1.20. The number of thiazole rings is 1. The molecule has 0 saturated heterocycles. The van der Waals surface area contributed by atoms with Gasteiger partial charge in [-0.25, -0.2) is 15.0 Å². The third-order valence-electron chi connectivity index (χ3n) is 2.30. The Hall–Kier alpha value is -1.95. The molecule has 16 heavy (non-hydrogen) atoms. The summed E-state index contributed by atoms with van der Waals surface area (Å²) < 4.78 is 1.77. The average Bonchev–Trinajstić information content (AvgIpc) is 2.86. The smallest absolute Gasteiger partial charge is 0.235 e. The molecule has 0 atom stereocenters. The zero-order chi connectivity index (χ0) is 11.1. The first-order valence-corrected chi connectivity index (χ1v) is 5.57. The summed E-state index contributed by atoms with van der Waals surface area (Å²) in [4.78, 5) is 13.6. The third-order valence-corrected chi connectivity index (χ3v) is 3.26. The van der Waals surface area contributed by atoms with Crippen LogP contribution in [0.15, 0.2) is 24.8 Å². The molecule has 0 aromatic carbocycles. The van der Waals surface area contributed by atoms with Gasteiger partial charge in [0.25, 0.3) is 0 Å². The Morgan fingerprint density at radius 1 is 1.19 bits per heavy atom. The number of aromatic nitrogens is 4. The van der Waals surface area contributed by atoms with E-state index < -0.39 is 0 Å². The van der Waals surface area contributed by atoms with E-state index in [1.807, 2.05) is 19.3 Å². The summed E-state index contributed by atoms with van der Waals surface area (Å²) in [5, 5.41) is 1.04. The highest BCUT2D eigenvalue weighted by atomic mass is 32.1. The highest BCUT2D eigenvalue weighted by molar-refractivity contribution is 7.15. The molecule has 0 spiro atoms. The second-order valence-corrected chi connectivity index (χ2v) is 4.67. The van der Waals surface area contributed by atoms with Crippen molar-refractivity contribution in [3.8, 4) is 10.4 Å². The van der Waals surface area contributed by atoms with Crippen molar-refractivity contribution in [1.29, 1.82) is 0 Å². The van der Waals surface area contributed by atoms with Crippen LogP contribution >= 0.6 is 11.3 Å². The lowest BCUT2D eigenvalue weighted by Gasteiger charge is -1.99. The molecule has 0 amide bonds. The van der Waals surface area contributed by atoms with Gasteiger partial charge in [0.15, 0.2) is 0 Å². The molecular weight excluding hydrogens is 222 g/mol. The van der Waals surface area contributed by atoms with Gasteiger partial charge in [0.1, 0.15) is 5.82 Å². The average molecular weight is 231 g/mol. The number of nitrogens with two attached hydrogens (primary N) is 1. The number of nitrogen functional groups attached to an aromatic ring is 1. The van der Waals surface area contributed by atoms with Crippen LogP contribution < -0.4 is 5.73 Å². The summed E-state index contributed by atoms with van der Waals surface area (Å²) in [6.45, 7) is 1.98. The number of rotatable bonds is 1. The number of fused-ring (bicyclic) bond motifs is 1. The van der Waals surface area contributed by atoms with Crippen LogP contribution in [0, 0.1) is 6.92 Å². The minimum atomic E-state index is 0.589. The minimum Gasteiger partial charge on any atom is -0.383 e. The molecule has 0 saturated carbocycles. The zero-order valence-electron chi connectivity index (χ0n) is 8.58. The van der Waals surface area contributed by atoms with Crippen molar-refractivity contribution in [2.45, 2.75) is 6.92 Å². The zero-order valence-corrected chi connectivity index (χ0v) is 9.40. The van der Waals surface area contributed by atoms with E-state index in [-0.39, 0.29) is 0 Å². The fourth-order valence-corrected chi connectivity index (χ4v) is 2.27. The lowest BCUT2D eigenvalue weighted by molar-refractivity contribution is 1.12. The summed E-state index contributed by atoms with van der Waals surface area (Å²) in [6, 6.07) is 0. The van der Waals surface area contributed by atoms with Crippen molar-refractivity contribution in [3.05, 3.63) is 29.8 Å². The maximum absolute atomic E-state index is 5.78. The Bertz CT molecular complexity index is 654. The van der Waals surface area contributed by atoms with E-state index in [0.717, 1.165) is 15.4 Å². The van der Waals surface area contributed by atoms with Crippen molar-refractivity contribution in [2.75, 3.05) is 5.73 Å². The quantitative estimate of drug-likeness (QED) is 0.692. The van der Waals surface area contributed by atoms with Gasteiger partial charge in [-0.2, -0.15) is 0 Å². The van der Waals surface area contributed by atoms with Crippen LogP contribution in [-0.4, -0.2) is 19.4 Å². The lowest BCUT2D eigenvalue weighted by Crippen LogP contribution is -1.94. The highest BCUT2D eigenvalue weighted by Gasteiger charge is 2.06. The monoisotopic (exact) mass is 231 g/mol. The molecule has 6 heteroatoms. The first-order chi connectivity index (χ1) is 7.74. The Kier molecular flexibility index (Phi) is 1.90. The molecule has 0 bridgehead atoms. The highest BCUT2D eigenvalue weighted by Crippen LogP contribution is 2.25. The van der Waals surface area contributed by atoms with Crippen molar-refractivity contribution < 1.29 is 0 Å². The van der Waals surface area contributed by atoms with Gasteiger partial charge < -0.3 is 5.73 Å². The summed E-state index contributed by atoms with van der Waals surface area (Å²) >= 11 is 1.63. The van der Waals surface area contributed by atoms with Gasteiger partial charge in [0.2, 0.25) is 5.78 Å². The van der Waals surface area contributed by atoms with Crippen molar-refractivity contribution >= 4 is 22.9 Å². The molecule has 0 aliphatic rings. The molecule has 0 fully saturated rings. The summed E-state index contributed by atoms with van der Waals surface area (Å²) in [7, 11) is 0. The first kappa shape index (κ1) is 9.29. The molecule has 0 aliphatic heterocycles. The fraction of sp³-hybridized carbons (Fsp3) is 0.100. The van der Waals surface area contributed by atoms with Crippen LogP contribution in [0.25, 0.3) is 16.2 Å². The second-order valence-electron chi connectivity index (χ2n) is 3.44. The van der Waals surface area contributed by atoms with Crippen LogP contribution in [0.4, 0.5) is 5.82 Å². The fourth-order valence-electron chi connectivity index (χ4n) is 1.51. The van der Waals surface area contributed by atoms with Crippen molar-refractivity contribution in [1.82, 2.24) is 19.4 Å². The molecule has 0 aliphatic carbocycles. The molecule has 3 rings (SSSR count). The Morgan fingerprint density at radius 2 is 2.00 bits per heavy atom.